The van der Waals surface area contributed by atoms with E-state index in [2.05, 4.69) is 82.2 Å². The molecule has 1 rings (SSSR count). The van der Waals surface area contributed by atoms with Crippen LogP contribution in [0.5, 0.6) is 0 Å². The highest BCUT2D eigenvalue weighted by Gasteiger charge is 1.96. The summed E-state index contributed by atoms with van der Waals surface area (Å²) in [4.78, 5) is 0. The van der Waals surface area contributed by atoms with Gasteiger partial charge in [0.25, 0.3) is 0 Å². The fourth-order valence-corrected chi connectivity index (χ4v) is 1.53. The third-order valence-corrected chi connectivity index (χ3v) is 2.77. The van der Waals surface area contributed by atoms with Gasteiger partial charge in [-0.2, -0.15) is 0 Å². The maximum atomic E-state index is 4.00. The van der Waals surface area contributed by atoms with Gasteiger partial charge in [-0.1, -0.05) is 75.0 Å². The summed E-state index contributed by atoms with van der Waals surface area (Å²) >= 11 is 0. The number of allylic oxidation sites excluding steroid dienone is 10. The van der Waals surface area contributed by atoms with Gasteiger partial charge in [0.1, 0.15) is 0 Å². The van der Waals surface area contributed by atoms with Gasteiger partial charge in [0.2, 0.25) is 0 Å². The Morgan fingerprint density at radius 1 is 1.25 bits per heavy atom. The Morgan fingerprint density at radius 3 is 2.50 bits per heavy atom. The van der Waals surface area contributed by atoms with Crippen LogP contribution < -0.4 is 0 Å². The fourth-order valence-electron chi connectivity index (χ4n) is 1.53. The van der Waals surface area contributed by atoms with Crippen molar-refractivity contribution >= 4 is 0 Å². The van der Waals surface area contributed by atoms with Crippen LogP contribution in [0.4, 0.5) is 0 Å². The molecule has 0 radical (unpaired) electrons. The highest BCUT2D eigenvalue weighted by atomic mass is 14.0. The van der Waals surface area contributed by atoms with Gasteiger partial charge in [-0.15, -0.1) is 12.8 Å². The van der Waals surface area contributed by atoms with Gasteiger partial charge in [-0.25, -0.2) is 0 Å². The van der Waals surface area contributed by atoms with Crippen molar-refractivity contribution in [3.8, 4) is 12.8 Å². The van der Waals surface area contributed by atoms with Crippen molar-refractivity contribution in [3.63, 3.8) is 0 Å². The van der Waals surface area contributed by atoms with Crippen LogP contribution in [-0.4, -0.2) is 0 Å². The largest absolute Gasteiger partial charge is 0.124 e. The summed E-state index contributed by atoms with van der Waals surface area (Å²) in [5.41, 5.74) is 2.75. The Bertz CT molecular complexity index is 384. The number of rotatable bonds is 4. The van der Waals surface area contributed by atoms with Crippen molar-refractivity contribution in [2.24, 2.45) is 5.92 Å². The Morgan fingerprint density at radius 2 is 1.90 bits per heavy atom. The predicted octanol–water partition coefficient (Wildman–Crippen LogP) is 6.25. The van der Waals surface area contributed by atoms with Gasteiger partial charge in [0.05, 0.1) is 0 Å². The molecule has 0 fully saturated rings. The minimum atomic E-state index is 0.564. The lowest BCUT2D eigenvalue weighted by atomic mass is 10.1. The van der Waals surface area contributed by atoms with E-state index >= 15 is 0 Å². The number of hydrogen-bond acceptors (Lipinski definition) is 0. The van der Waals surface area contributed by atoms with E-state index in [0.717, 1.165) is 12.8 Å². The summed E-state index contributed by atoms with van der Waals surface area (Å²) in [6, 6.07) is 0. The molecule has 0 N–H and O–H groups in total. The molecule has 1 unspecified atom stereocenters. The molecule has 0 spiro atoms. The fraction of sp³-hybridized carbons (Fsp3) is 0.400. The lowest BCUT2D eigenvalue weighted by Gasteiger charge is -1.98. The van der Waals surface area contributed by atoms with Crippen LogP contribution >= 0.6 is 0 Å². The molecule has 0 heteroatoms. The molecule has 1 aliphatic rings. The highest BCUT2D eigenvalue weighted by Crippen LogP contribution is 2.14. The minimum absolute atomic E-state index is 0.564. The van der Waals surface area contributed by atoms with E-state index in [4.69, 9.17) is 0 Å². The first kappa shape index (κ1) is 20.6. The van der Waals surface area contributed by atoms with E-state index in [1.165, 1.54) is 11.1 Å². The van der Waals surface area contributed by atoms with Crippen molar-refractivity contribution < 1.29 is 0 Å². The van der Waals surface area contributed by atoms with Gasteiger partial charge in [-0.3, -0.25) is 0 Å². The number of hydrogen-bond donors (Lipinski definition) is 0. The summed E-state index contributed by atoms with van der Waals surface area (Å²) in [5, 5.41) is 0. The summed E-state index contributed by atoms with van der Waals surface area (Å²) in [5.74, 6) is 0.564. The van der Waals surface area contributed by atoms with Gasteiger partial charge >= 0.3 is 0 Å². The summed E-state index contributed by atoms with van der Waals surface area (Å²) < 4.78 is 0. The highest BCUT2D eigenvalue weighted by molar-refractivity contribution is 5.29. The second-order valence-electron chi connectivity index (χ2n) is 4.32. The molecule has 0 bridgehead atoms. The lowest BCUT2D eigenvalue weighted by molar-refractivity contribution is 0.937. The molecule has 1 atom stereocenters. The zero-order valence-corrected chi connectivity index (χ0v) is 13.8. The molecule has 0 aromatic rings. The van der Waals surface area contributed by atoms with Crippen molar-refractivity contribution in [1.29, 1.82) is 0 Å². The zero-order valence-electron chi connectivity index (χ0n) is 13.8. The van der Waals surface area contributed by atoms with Crippen LogP contribution in [0.15, 0.2) is 59.8 Å². The van der Waals surface area contributed by atoms with E-state index in [-0.39, 0.29) is 0 Å². The average Bonchev–Trinajstić information content (AvgIpc) is 2.72. The Labute approximate surface area is 126 Å². The van der Waals surface area contributed by atoms with Crippen LogP contribution in [0, 0.1) is 18.8 Å². The smallest absolute Gasteiger partial charge is 0.00755 e. The molecule has 110 valence electrons. The van der Waals surface area contributed by atoms with Crippen LogP contribution in [-0.2, 0) is 0 Å². The maximum absolute atomic E-state index is 4.00. The Balaban J connectivity index is 0. The summed E-state index contributed by atoms with van der Waals surface area (Å²) in [7, 11) is 0. The molecule has 0 amide bonds. The van der Waals surface area contributed by atoms with Crippen LogP contribution in [0.3, 0.4) is 0 Å². The lowest BCUT2D eigenvalue weighted by Crippen LogP contribution is -1.80. The molecule has 0 saturated heterocycles. The van der Waals surface area contributed by atoms with Gasteiger partial charge < -0.3 is 0 Å². The third kappa shape index (κ3) is 11.4. The monoisotopic (exact) mass is 270 g/mol. The van der Waals surface area contributed by atoms with Crippen molar-refractivity contribution in [3.05, 3.63) is 59.8 Å². The normalized spacial score (nSPS) is 17.4. The van der Waals surface area contributed by atoms with Crippen LogP contribution in [0.25, 0.3) is 0 Å². The van der Waals surface area contributed by atoms with Crippen molar-refractivity contribution in [1.82, 2.24) is 0 Å². The van der Waals surface area contributed by atoms with E-state index in [1.54, 1.807) is 0 Å². The van der Waals surface area contributed by atoms with E-state index < -0.39 is 0 Å². The van der Waals surface area contributed by atoms with Crippen LogP contribution in [0.2, 0.25) is 0 Å². The molecular formula is C20H30. The Kier molecular flexibility index (Phi) is 15.8. The third-order valence-electron chi connectivity index (χ3n) is 2.77. The van der Waals surface area contributed by atoms with E-state index in [9.17, 15) is 0 Å². The summed E-state index contributed by atoms with van der Waals surface area (Å²) in [6.45, 7) is 10.4. The summed E-state index contributed by atoms with van der Waals surface area (Å²) in [6.07, 6.45) is 27.9. The van der Waals surface area contributed by atoms with E-state index in [0.29, 0.717) is 5.92 Å². The Hall–Kier alpha value is -1.74. The molecule has 0 heterocycles. The molecule has 0 aromatic heterocycles. The molecule has 0 saturated carbocycles. The SMILES string of the molecule is C#C.C/C=C(C)\C=C/CCC1=CC=CC(C)C=C1.CC. The average molecular weight is 270 g/mol. The van der Waals surface area contributed by atoms with Gasteiger partial charge in [0.15, 0.2) is 0 Å². The van der Waals surface area contributed by atoms with Crippen LogP contribution in [0.1, 0.15) is 47.5 Å². The minimum Gasteiger partial charge on any atom is -0.124 e. The molecule has 1 aliphatic carbocycles. The first-order chi connectivity index (χ1) is 9.72. The van der Waals surface area contributed by atoms with Crippen molar-refractivity contribution in [2.75, 3.05) is 0 Å². The molecule has 20 heavy (non-hydrogen) atoms. The first-order valence-corrected chi connectivity index (χ1v) is 7.40. The van der Waals surface area contributed by atoms with Gasteiger partial charge in [0, 0.05) is 0 Å². The second-order valence-corrected chi connectivity index (χ2v) is 4.32. The topological polar surface area (TPSA) is 0 Å². The number of terminal acetylenes is 1. The molecule has 0 aromatic carbocycles. The quantitative estimate of drug-likeness (QED) is 0.418. The van der Waals surface area contributed by atoms with Gasteiger partial charge in [-0.05, 0) is 38.2 Å². The maximum Gasteiger partial charge on any atom is -0.00755 e. The predicted molar refractivity (Wildman–Crippen MR) is 94.6 cm³/mol. The zero-order chi connectivity index (χ0) is 15.8. The standard InChI is InChI=1S/C16H22.C2H6.C2H2/c1-4-14(2)8-5-6-10-16-11-7-9-15(3)12-13-16;2*1-2/h4-5,7-9,11-13,15H,6,10H2,1-3H3;1-2H3;1-2H/b8-5-,14-4-;;. The molecular weight excluding hydrogens is 240 g/mol. The van der Waals surface area contributed by atoms with E-state index in [1.807, 2.05) is 13.8 Å². The van der Waals surface area contributed by atoms with Crippen molar-refractivity contribution in [2.45, 2.75) is 47.5 Å². The molecule has 0 aliphatic heterocycles. The second kappa shape index (κ2) is 15.3. The molecule has 0 nitrogen and oxygen atoms in total. The first-order valence-electron chi connectivity index (χ1n) is 7.40.